The lowest BCUT2D eigenvalue weighted by Crippen LogP contribution is -2.19. The zero-order valence-corrected chi connectivity index (χ0v) is 17.1. The van der Waals surface area contributed by atoms with Gasteiger partial charge in [0.25, 0.3) is 0 Å². The molecule has 0 saturated carbocycles. The van der Waals surface area contributed by atoms with Gasteiger partial charge >= 0.3 is 0 Å². The SMILES string of the molecule is COc1cc(C(C)(C)C)c(Oc2cccc(C#N)c2C#N)c(C(C)(C)C)c1. The van der Waals surface area contributed by atoms with Crippen molar-refractivity contribution in [1.29, 1.82) is 10.5 Å². The summed E-state index contributed by atoms with van der Waals surface area (Å²) in [4.78, 5) is 0. The molecule has 0 aromatic heterocycles. The molecule has 2 rings (SSSR count). The molecule has 0 spiro atoms. The van der Waals surface area contributed by atoms with Crippen LogP contribution in [0.5, 0.6) is 17.2 Å². The Balaban J connectivity index is 2.80. The van der Waals surface area contributed by atoms with Gasteiger partial charge in [0, 0.05) is 11.1 Å². The second-order valence-electron chi connectivity index (χ2n) is 8.56. The summed E-state index contributed by atoms with van der Waals surface area (Å²) in [6.45, 7) is 12.7. The van der Waals surface area contributed by atoms with Crippen molar-refractivity contribution >= 4 is 0 Å². The second kappa shape index (κ2) is 7.33. The van der Waals surface area contributed by atoms with Gasteiger partial charge in [0.15, 0.2) is 0 Å². The molecule has 0 bridgehead atoms. The Labute approximate surface area is 162 Å². The van der Waals surface area contributed by atoms with Gasteiger partial charge in [-0.2, -0.15) is 10.5 Å². The summed E-state index contributed by atoms with van der Waals surface area (Å²) in [5.74, 6) is 1.86. The van der Waals surface area contributed by atoms with E-state index >= 15 is 0 Å². The van der Waals surface area contributed by atoms with Crippen LogP contribution >= 0.6 is 0 Å². The molecular weight excluding hydrogens is 336 g/mol. The molecule has 4 nitrogen and oxygen atoms in total. The predicted molar refractivity (Wildman–Crippen MR) is 106 cm³/mol. The van der Waals surface area contributed by atoms with Crippen molar-refractivity contribution in [3.05, 3.63) is 52.6 Å². The molecule has 0 aliphatic carbocycles. The van der Waals surface area contributed by atoms with Crippen LogP contribution in [0.3, 0.4) is 0 Å². The number of nitrogens with zero attached hydrogens (tertiary/aromatic N) is 2. The molecule has 0 radical (unpaired) electrons. The summed E-state index contributed by atoms with van der Waals surface area (Å²) in [7, 11) is 1.65. The summed E-state index contributed by atoms with van der Waals surface area (Å²) >= 11 is 0. The lowest BCUT2D eigenvalue weighted by molar-refractivity contribution is 0.398. The smallest absolute Gasteiger partial charge is 0.146 e. The van der Waals surface area contributed by atoms with E-state index in [2.05, 4.69) is 53.7 Å². The Morgan fingerprint density at radius 1 is 0.852 bits per heavy atom. The van der Waals surface area contributed by atoms with E-state index in [1.54, 1.807) is 25.3 Å². The normalized spacial score (nSPS) is 11.4. The fourth-order valence-electron chi connectivity index (χ4n) is 2.88. The fourth-order valence-corrected chi connectivity index (χ4v) is 2.88. The number of hydrogen-bond acceptors (Lipinski definition) is 4. The maximum absolute atomic E-state index is 9.55. The fraction of sp³-hybridized carbons (Fsp3) is 0.391. The van der Waals surface area contributed by atoms with Crippen molar-refractivity contribution in [3.63, 3.8) is 0 Å². The number of nitriles is 2. The first kappa shape index (κ1) is 20.3. The van der Waals surface area contributed by atoms with Crippen LogP contribution in [-0.4, -0.2) is 7.11 Å². The van der Waals surface area contributed by atoms with E-state index < -0.39 is 0 Å². The molecule has 0 amide bonds. The quantitative estimate of drug-likeness (QED) is 0.689. The number of hydrogen-bond donors (Lipinski definition) is 0. The monoisotopic (exact) mass is 362 g/mol. The molecule has 0 atom stereocenters. The van der Waals surface area contributed by atoms with E-state index in [-0.39, 0.29) is 16.4 Å². The van der Waals surface area contributed by atoms with E-state index in [9.17, 15) is 10.5 Å². The summed E-state index contributed by atoms with van der Waals surface area (Å²) in [6, 6.07) is 13.2. The molecule has 4 heteroatoms. The number of benzene rings is 2. The molecule has 2 aromatic rings. The van der Waals surface area contributed by atoms with Crippen molar-refractivity contribution in [2.75, 3.05) is 7.11 Å². The molecule has 0 aliphatic heterocycles. The molecule has 2 aromatic carbocycles. The number of methoxy groups -OCH3 is 1. The Hall–Kier alpha value is -2.98. The van der Waals surface area contributed by atoms with Crippen LogP contribution in [0.15, 0.2) is 30.3 Å². The van der Waals surface area contributed by atoms with Crippen LogP contribution in [0.4, 0.5) is 0 Å². The van der Waals surface area contributed by atoms with E-state index in [0.29, 0.717) is 17.1 Å². The molecule has 0 saturated heterocycles. The molecular formula is C23H26N2O2. The maximum atomic E-state index is 9.55. The van der Waals surface area contributed by atoms with Crippen LogP contribution in [-0.2, 0) is 10.8 Å². The highest BCUT2D eigenvalue weighted by Crippen LogP contribution is 2.44. The van der Waals surface area contributed by atoms with Crippen LogP contribution in [0.1, 0.15) is 63.8 Å². The third-order valence-corrected chi connectivity index (χ3v) is 4.38. The minimum atomic E-state index is -0.205. The Morgan fingerprint density at radius 3 is 1.81 bits per heavy atom. The lowest BCUT2D eigenvalue weighted by atomic mass is 9.79. The van der Waals surface area contributed by atoms with Gasteiger partial charge in [0.05, 0.1) is 12.7 Å². The minimum Gasteiger partial charge on any atom is -0.497 e. The first-order valence-electron chi connectivity index (χ1n) is 8.87. The third-order valence-electron chi connectivity index (χ3n) is 4.38. The predicted octanol–water partition coefficient (Wildman–Crippen LogP) is 5.83. The van der Waals surface area contributed by atoms with E-state index in [4.69, 9.17) is 9.47 Å². The Kier molecular flexibility index (Phi) is 5.52. The zero-order chi connectivity index (χ0) is 20.4. The number of rotatable bonds is 3. The molecule has 27 heavy (non-hydrogen) atoms. The third kappa shape index (κ3) is 4.23. The first-order chi connectivity index (χ1) is 12.5. The van der Waals surface area contributed by atoms with Crippen LogP contribution < -0.4 is 9.47 Å². The highest BCUT2D eigenvalue weighted by Gasteiger charge is 2.29. The summed E-state index contributed by atoms with van der Waals surface area (Å²) in [6.07, 6.45) is 0. The maximum Gasteiger partial charge on any atom is 0.146 e. The van der Waals surface area contributed by atoms with Gasteiger partial charge < -0.3 is 9.47 Å². The van der Waals surface area contributed by atoms with Gasteiger partial charge in [-0.15, -0.1) is 0 Å². The summed E-state index contributed by atoms with van der Waals surface area (Å²) < 4.78 is 11.9. The standard InChI is InChI=1S/C23H26N2O2/c1-22(2,3)18-11-16(26-7)12-19(23(4,5)6)21(18)27-20-10-8-9-15(13-24)17(20)14-25/h8-12H,1-7H3. The van der Waals surface area contributed by atoms with Crippen molar-refractivity contribution in [2.45, 2.75) is 52.4 Å². The highest BCUT2D eigenvalue weighted by atomic mass is 16.5. The van der Waals surface area contributed by atoms with Gasteiger partial charge in [-0.1, -0.05) is 47.6 Å². The Bertz CT molecular complexity index is 898. The molecule has 0 heterocycles. The summed E-state index contributed by atoms with van der Waals surface area (Å²) in [5, 5.41) is 18.9. The van der Waals surface area contributed by atoms with Crippen LogP contribution in [0.2, 0.25) is 0 Å². The van der Waals surface area contributed by atoms with Crippen LogP contribution in [0, 0.1) is 22.7 Å². The van der Waals surface area contributed by atoms with Crippen molar-refractivity contribution in [1.82, 2.24) is 0 Å². The highest BCUT2D eigenvalue weighted by molar-refractivity contribution is 5.58. The van der Waals surface area contributed by atoms with Gasteiger partial charge in [-0.3, -0.25) is 0 Å². The van der Waals surface area contributed by atoms with E-state index in [1.165, 1.54) is 0 Å². The molecule has 0 unspecified atom stereocenters. The van der Waals surface area contributed by atoms with E-state index in [0.717, 1.165) is 16.9 Å². The van der Waals surface area contributed by atoms with Crippen molar-refractivity contribution < 1.29 is 9.47 Å². The van der Waals surface area contributed by atoms with Gasteiger partial charge in [0.1, 0.15) is 35.0 Å². The van der Waals surface area contributed by atoms with Crippen molar-refractivity contribution in [3.8, 4) is 29.4 Å². The van der Waals surface area contributed by atoms with Crippen molar-refractivity contribution in [2.24, 2.45) is 0 Å². The van der Waals surface area contributed by atoms with Gasteiger partial charge in [0.2, 0.25) is 0 Å². The lowest BCUT2D eigenvalue weighted by Gasteiger charge is -2.30. The molecule has 0 aliphatic rings. The van der Waals surface area contributed by atoms with E-state index in [1.807, 2.05) is 12.1 Å². The zero-order valence-electron chi connectivity index (χ0n) is 17.1. The number of ether oxygens (including phenoxy) is 2. The first-order valence-corrected chi connectivity index (χ1v) is 8.87. The molecule has 140 valence electrons. The molecule has 0 fully saturated rings. The largest absolute Gasteiger partial charge is 0.497 e. The topological polar surface area (TPSA) is 66.0 Å². The van der Waals surface area contributed by atoms with Crippen LogP contribution in [0.25, 0.3) is 0 Å². The minimum absolute atomic E-state index is 0.205. The summed E-state index contributed by atoms with van der Waals surface area (Å²) in [5.41, 5.74) is 2.11. The van der Waals surface area contributed by atoms with Gasteiger partial charge in [-0.05, 0) is 35.1 Å². The molecule has 0 N–H and O–H groups in total. The average Bonchev–Trinajstić information content (AvgIpc) is 2.59. The average molecular weight is 362 g/mol. The van der Waals surface area contributed by atoms with Gasteiger partial charge in [-0.25, -0.2) is 0 Å². The second-order valence-corrected chi connectivity index (χ2v) is 8.56. The Morgan fingerprint density at radius 2 is 1.41 bits per heavy atom.